The summed E-state index contributed by atoms with van der Waals surface area (Å²) in [4.78, 5) is 2.19. The molecule has 0 aromatic carbocycles. The van der Waals surface area contributed by atoms with Crippen molar-refractivity contribution < 1.29 is 4.39 Å². The molecule has 1 atom stereocenters. The molecule has 1 saturated heterocycles. The molecule has 9 heavy (non-hydrogen) atoms. The molecule has 0 bridgehead atoms. The summed E-state index contributed by atoms with van der Waals surface area (Å²) in [6.07, 6.45) is 1.05. The van der Waals surface area contributed by atoms with Gasteiger partial charge in [-0.05, 0) is 20.3 Å². The molecule has 0 radical (unpaired) electrons. The fourth-order valence-corrected chi connectivity index (χ4v) is 1.31. The van der Waals surface area contributed by atoms with E-state index in [4.69, 9.17) is 0 Å². The second kappa shape index (κ2) is 2.65. The Labute approximate surface area is 55.8 Å². The Morgan fingerprint density at radius 1 is 1.67 bits per heavy atom. The van der Waals surface area contributed by atoms with Gasteiger partial charge in [0.05, 0.1) is 0 Å². The van der Waals surface area contributed by atoms with E-state index in [1.165, 1.54) is 0 Å². The van der Waals surface area contributed by atoms with Crippen molar-refractivity contribution in [2.24, 2.45) is 0 Å². The van der Waals surface area contributed by atoms with Gasteiger partial charge >= 0.3 is 0 Å². The van der Waals surface area contributed by atoms with E-state index in [1.807, 2.05) is 0 Å². The van der Waals surface area contributed by atoms with Crippen molar-refractivity contribution in [3.8, 4) is 0 Å². The third kappa shape index (κ3) is 1.23. The van der Waals surface area contributed by atoms with Gasteiger partial charge in [-0.1, -0.05) is 0 Å². The predicted octanol–water partition coefficient (Wildman–Crippen LogP) is 1.44. The van der Waals surface area contributed by atoms with Crippen molar-refractivity contribution in [2.75, 3.05) is 13.2 Å². The van der Waals surface area contributed by atoms with Gasteiger partial charge in [0.2, 0.25) is 0 Å². The Balaban J connectivity index is 2.27. The van der Waals surface area contributed by atoms with E-state index in [2.05, 4.69) is 18.7 Å². The van der Waals surface area contributed by atoms with E-state index in [9.17, 15) is 4.39 Å². The van der Waals surface area contributed by atoms with Gasteiger partial charge in [0.1, 0.15) is 6.67 Å². The van der Waals surface area contributed by atoms with E-state index >= 15 is 0 Å². The zero-order valence-electron chi connectivity index (χ0n) is 6.10. The van der Waals surface area contributed by atoms with Gasteiger partial charge in [0.15, 0.2) is 0 Å². The van der Waals surface area contributed by atoms with Crippen LogP contribution in [0.5, 0.6) is 0 Å². The summed E-state index contributed by atoms with van der Waals surface area (Å²) in [5.41, 5.74) is 0. The van der Waals surface area contributed by atoms with Crippen LogP contribution < -0.4 is 0 Å². The summed E-state index contributed by atoms with van der Waals surface area (Å²) in [6.45, 7) is 5.15. The van der Waals surface area contributed by atoms with Crippen LogP contribution in [0.15, 0.2) is 0 Å². The normalized spacial score (nSPS) is 28.7. The zero-order valence-corrected chi connectivity index (χ0v) is 6.10. The van der Waals surface area contributed by atoms with Crippen LogP contribution in [0.25, 0.3) is 0 Å². The van der Waals surface area contributed by atoms with Crippen molar-refractivity contribution >= 4 is 0 Å². The average Bonchev–Trinajstić information content (AvgIpc) is 1.61. The molecular formula is C7H14FN. The Hall–Kier alpha value is -0.110. The molecule has 1 aliphatic rings. The van der Waals surface area contributed by atoms with Crippen molar-refractivity contribution in [3.05, 3.63) is 0 Å². The maximum absolute atomic E-state index is 12.0. The molecule has 2 heteroatoms. The zero-order chi connectivity index (χ0) is 6.85. The molecule has 0 N–H and O–H groups in total. The standard InChI is InChI=1S/C7H14FN/c1-6(2)9-4-3-7(9)5-8/h6-7H,3-5H2,1-2H3/t7-/m1/s1. The molecule has 0 aromatic heterocycles. The Bertz CT molecular complexity index is 90.9. The summed E-state index contributed by atoms with van der Waals surface area (Å²) in [6, 6.07) is 0.768. The van der Waals surface area contributed by atoms with Gasteiger partial charge in [0, 0.05) is 18.6 Å². The van der Waals surface area contributed by atoms with E-state index < -0.39 is 0 Å². The molecule has 1 nitrogen and oxygen atoms in total. The molecule has 0 spiro atoms. The minimum absolute atomic E-state index is 0.168. The Kier molecular flexibility index (Phi) is 2.06. The third-order valence-corrected chi connectivity index (χ3v) is 2.03. The Morgan fingerprint density at radius 3 is 2.44 bits per heavy atom. The second-order valence-corrected chi connectivity index (χ2v) is 2.93. The molecule has 1 fully saturated rings. The lowest BCUT2D eigenvalue weighted by molar-refractivity contribution is 0.0397. The lowest BCUT2D eigenvalue weighted by Crippen LogP contribution is -2.52. The van der Waals surface area contributed by atoms with Crippen LogP contribution >= 0.6 is 0 Å². The first-order valence-electron chi connectivity index (χ1n) is 3.57. The summed E-state index contributed by atoms with van der Waals surface area (Å²) < 4.78 is 12.0. The van der Waals surface area contributed by atoms with Crippen molar-refractivity contribution in [1.82, 2.24) is 4.90 Å². The van der Waals surface area contributed by atoms with Crippen molar-refractivity contribution in [3.63, 3.8) is 0 Å². The summed E-state index contributed by atoms with van der Waals surface area (Å²) in [5.74, 6) is 0. The smallest absolute Gasteiger partial charge is 0.105 e. The lowest BCUT2D eigenvalue weighted by Gasteiger charge is -2.42. The largest absolute Gasteiger partial charge is 0.295 e. The highest BCUT2D eigenvalue weighted by Gasteiger charge is 2.29. The first-order valence-corrected chi connectivity index (χ1v) is 3.57. The molecule has 1 aliphatic heterocycles. The minimum atomic E-state index is -0.168. The van der Waals surface area contributed by atoms with Crippen molar-refractivity contribution in [2.45, 2.75) is 32.4 Å². The van der Waals surface area contributed by atoms with Crippen LogP contribution in [0.4, 0.5) is 4.39 Å². The van der Waals surface area contributed by atoms with Gasteiger partial charge in [-0.3, -0.25) is 4.90 Å². The van der Waals surface area contributed by atoms with Crippen LogP contribution in [0.1, 0.15) is 20.3 Å². The molecule has 54 valence electrons. The highest BCUT2D eigenvalue weighted by molar-refractivity contribution is 4.84. The second-order valence-electron chi connectivity index (χ2n) is 2.93. The summed E-state index contributed by atoms with van der Waals surface area (Å²) in [7, 11) is 0. The number of alkyl halides is 1. The van der Waals surface area contributed by atoms with Crippen LogP contribution in [0, 0.1) is 0 Å². The average molecular weight is 131 g/mol. The predicted molar refractivity (Wildman–Crippen MR) is 36.2 cm³/mol. The molecule has 0 unspecified atom stereocenters. The highest BCUT2D eigenvalue weighted by Crippen LogP contribution is 2.19. The number of halogens is 1. The third-order valence-electron chi connectivity index (χ3n) is 2.03. The number of nitrogens with zero attached hydrogens (tertiary/aromatic N) is 1. The van der Waals surface area contributed by atoms with E-state index in [0.29, 0.717) is 6.04 Å². The fraction of sp³-hybridized carbons (Fsp3) is 1.00. The number of likely N-dealkylation sites (tertiary alicyclic amines) is 1. The fourth-order valence-electron chi connectivity index (χ4n) is 1.31. The molecule has 0 aromatic rings. The van der Waals surface area contributed by atoms with Crippen LogP contribution in [-0.4, -0.2) is 30.2 Å². The van der Waals surface area contributed by atoms with Crippen LogP contribution in [0.2, 0.25) is 0 Å². The number of hydrogen-bond donors (Lipinski definition) is 0. The molecule has 1 rings (SSSR count). The first kappa shape index (κ1) is 7.00. The molecule has 0 aliphatic carbocycles. The van der Waals surface area contributed by atoms with E-state index in [1.54, 1.807) is 0 Å². The van der Waals surface area contributed by atoms with Gasteiger partial charge in [0.25, 0.3) is 0 Å². The SMILES string of the molecule is CC(C)N1CC[C@@H]1CF. The molecule has 0 amide bonds. The van der Waals surface area contributed by atoms with Gasteiger partial charge < -0.3 is 0 Å². The van der Waals surface area contributed by atoms with Gasteiger partial charge in [-0.25, -0.2) is 4.39 Å². The van der Waals surface area contributed by atoms with Crippen molar-refractivity contribution in [1.29, 1.82) is 0 Å². The monoisotopic (exact) mass is 131 g/mol. The highest BCUT2D eigenvalue weighted by atomic mass is 19.1. The number of rotatable bonds is 2. The van der Waals surface area contributed by atoms with E-state index in [-0.39, 0.29) is 12.7 Å². The van der Waals surface area contributed by atoms with Gasteiger partial charge in [-0.15, -0.1) is 0 Å². The van der Waals surface area contributed by atoms with Crippen LogP contribution in [-0.2, 0) is 0 Å². The topological polar surface area (TPSA) is 3.24 Å². The lowest BCUT2D eigenvalue weighted by atomic mass is 10.0. The summed E-state index contributed by atoms with van der Waals surface area (Å²) in [5, 5.41) is 0. The molecular weight excluding hydrogens is 117 g/mol. The quantitative estimate of drug-likeness (QED) is 0.548. The van der Waals surface area contributed by atoms with Gasteiger partial charge in [-0.2, -0.15) is 0 Å². The Morgan fingerprint density at radius 2 is 2.33 bits per heavy atom. The van der Waals surface area contributed by atoms with E-state index in [0.717, 1.165) is 13.0 Å². The minimum Gasteiger partial charge on any atom is -0.295 e. The van der Waals surface area contributed by atoms with Crippen LogP contribution in [0.3, 0.4) is 0 Å². The summed E-state index contributed by atoms with van der Waals surface area (Å²) >= 11 is 0. The molecule has 0 saturated carbocycles. The molecule has 1 heterocycles. The number of hydrogen-bond acceptors (Lipinski definition) is 1. The maximum atomic E-state index is 12.0. The first-order chi connectivity index (χ1) is 4.25. The maximum Gasteiger partial charge on any atom is 0.105 e.